The summed E-state index contributed by atoms with van der Waals surface area (Å²) in [6.07, 6.45) is 5.52. The molecule has 1 aliphatic heterocycles. The van der Waals surface area contributed by atoms with Gasteiger partial charge in [-0.25, -0.2) is 4.98 Å². The first-order valence-corrected chi connectivity index (χ1v) is 8.63. The maximum absolute atomic E-state index is 5.69. The van der Waals surface area contributed by atoms with E-state index in [1.54, 1.807) is 6.26 Å². The molecule has 1 saturated heterocycles. The number of aromatic nitrogens is 4. The number of hydrogen-bond acceptors (Lipinski definition) is 7. The fraction of sp³-hybridized carbons (Fsp3) is 0.471. The van der Waals surface area contributed by atoms with Crippen LogP contribution in [0, 0.1) is 0 Å². The van der Waals surface area contributed by atoms with Crippen LogP contribution in [0.5, 0.6) is 0 Å². The molecule has 0 atom stereocenters. The molecule has 0 amide bonds. The molecule has 3 aromatic heterocycles. The fourth-order valence-electron chi connectivity index (χ4n) is 3.09. The van der Waals surface area contributed by atoms with Gasteiger partial charge in [0.05, 0.1) is 19.4 Å². The Morgan fingerprint density at radius 1 is 1.08 bits per heavy atom. The van der Waals surface area contributed by atoms with Crippen molar-refractivity contribution in [1.29, 1.82) is 0 Å². The molecule has 1 aliphatic rings. The van der Waals surface area contributed by atoms with E-state index >= 15 is 0 Å². The van der Waals surface area contributed by atoms with Crippen molar-refractivity contribution in [1.82, 2.24) is 29.5 Å². The third-order valence-electron chi connectivity index (χ3n) is 4.53. The van der Waals surface area contributed by atoms with Gasteiger partial charge in [-0.2, -0.15) is 0 Å². The quantitative estimate of drug-likeness (QED) is 0.677. The molecule has 25 heavy (non-hydrogen) atoms. The van der Waals surface area contributed by atoms with Crippen molar-refractivity contribution in [3.8, 4) is 11.7 Å². The van der Waals surface area contributed by atoms with E-state index in [2.05, 4.69) is 36.5 Å². The van der Waals surface area contributed by atoms with Gasteiger partial charge in [0.2, 0.25) is 5.89 Å². The van der Waals surface area contributed by atoms with E-state index in [1.165, 1.54) is 0 Å². The SMILES string of the molecule is CCn1ccnc1CN1CCN(Cc2nnc(-c3ccco3)o2)CC1. The van der Waals surface area contributed by atoms with Gasteiger partial charge in [-0.3, -0.25) is 9.80 Å². The van der Waals surface area contributed by atoms with Crippen molar-refractivity contribution >= 4 is 0 Å². The maximum atomic E-state index is 5.69. The first-order valence-electron chi connectivity index (χ1n) is 8.63. The van der Waals surface area contributed by atoms with Gasteiger partial charge in [0.15, 0.2) is 5.76 Å². The van der Waals surface area contributed by atoms with Gasteiger partial charge in [0, 0.05) is 45.1 Å². The summed E-state index contributed by atoms with van der Waals surface area (Å²) in [7, 11) is 0. The molecular formula is C17H22N6O2. The van der Waals surface area contributed by atoms with Crippen molar-refractivity contribution in [2.45, 2.75) is 26.6 Å². The lowest BCUT2D eigenvalue weighted by atomic mass is 10.3. The number of imidazole rings is 1. The molecule has 0 spiro atoms. The highest BCUT2D eigenvalue weighted by Gasteiger charge is 2.20. The van der Waals surface area contributed by atoms with Crippen molar-refractivity contribution in [3.05, 3.63) is 42.5 Å². The van der Waals surface area contributed by atoms with Gasteiger partial charge in [-0.05, 0) is 19.1 Å². The Kier molecular flexibility index (Phi) is 4.62. The molecule has 132 valence electrons. The minimum atomic E-state index is 0.435. The molecule has 1 fully saturated rings. The van der Waals surface area contributed by atoms with E-state index in [-0.39, 0.29) is 0 Å². The minimum absolute atomic E-state index is 0.435. The lowest BCUT2D eigenvalue weighted by molar-refractivity contribution is 0.112. The number of piperazine rings is 1. The first-order chi connectivity index (χ1) is 12.3. The normalized spacial score (nSPS) is 16.5. The Morgan fingerprint density at radius 3 is 2.60 bits per heavy atom. The third-order valence-corrected chi connectivity index (χ3v) is 4.53. The Labute approximate surface area is 146 Å². The highest BCUT2D eigenvalue weighted by molar-refractivity contribution is 5.42. The second-order valence-corrected chi connectivity index (χ2v) is 6.16. The Balaban J connectivity index is 1.29. The first kappa shape index (κ1) is 16.0. The zero-order valence-electron chi connectivity index (χ0n) is 14.3. The number of hydrogen-bond donors (Lipinski definition) is 0. The van der Waals surface area contributed by atoms with Crippen LogP contribution in [0.1, 0.15) is 18.6 Å². The second kappa shape index (κ2) is 7.20. The monoisotopic (exact) mass is 342 g/mol. The lowest BCUT2D eigenvalue weighted by Crippen LogP contribution is -2.45. The highest BCUT2D eigenvalue weighted by Crippen LogP contribution is 2.19. The molecule has 0 unspecified atom stereocenters. The maximum Gasteiger partial charge on any atom is 0.283 e. The predicted molar refractivity (Wildman–Crippen MR) is 90.5 cm³/mol. The van der Waals surface area contributed by atoms with Gasteiger partial charge >= 0.3 is 0 Å². The molecule has 0 bridgehead atoms. The number of furan rings is 1. The Morgan fingerprint density at radius 2 is 1.88 bits per heavy atom. The molecule has 0 saturated carbocycles. The molecule has 0 aromatic carbocycles. The molecule has 4 rings (SSSR count). The van der Waals surface area contributed by atoms with Crippen LogP contribution in [0.3, 0.4) is 0 Å². The van der Waals surface area contributed by atoms with Gasteiger partial charge in [-0.1, -0.05) is 0 Å². The summed E-state index contributed by atoms with van der Waals surface area (Å²) in [4.78, 5) is 9.23. The number of nitrogens with zero attached hydrogens (tertiary/aromatic N) is 6. The second-order valence-electron chi connectivity index (χ2n) is 6.16. The van der Waals surface area contributed by atoms with E-state index in [0.717, 1.165) is 45.1 Å². The zero-order chi connectivity index (χ0) is 17.1. The molecule has 8 nitrogen and oxygen atoms in total. The third kappa shape index (κ3) is 3.64. The van der Waals surface area contributed by atoms with Crippen molar-refractivity contribution < 1.29 is 8.83 Å². The molecule has 0 aliphatic carbocycles. The largest absolute Gasteiger partial charge is 0.459 e. The van der Waals surface area contributed by atoms with Gasteiger partial charge in [-0.15, -0.1) is 10.2 Å². The fourth-order valence-corrected chi connectivity index (χ4v) is 3.09. The standard InChI is InChI=1S/C17H22N6O2/c1-2-23-6-5-18-15(23)12-21-7-9-22(10-8-21)13-16-19-20-17(25-16)14-4-3-11-24-14/h3-6,11H,2,7-10,12-13H2,1H3. The predicted octanol–water partition coefficient (Wildman–Crippen LogP) is 1.86. The molecule has 0 N–H and O–H groups in total. The number of aryl methyl sites for hydroxylation is 1. The van der Waals surface area contributed by atoms with Crippen LogP contribution >= 0.6 is 0 Å². The van der Waals surface area contributed by atoms with E-state index in [9.17, 15) is 0 Å². The zero-order valence-corrected chi connectivity index (χ0v) is 14.3. The van der Waals surface area contributed by atoms with E-state index in [1.807, 2.05) is 24.5 Å². The smallest absolute Gasteiger partial charge is 0.283 e. The van der Waals surface area contributed by atoms with Crippen LogP contribution in [0.15, 0.2) is 39.6 Å². The molecule has 4 heterocycles. The van der Waals surface area contributed by atoms with E-state index < -0.39 is 0 Å². The van der Waals surface area contributed by atoms with Crippen LogP contribution in [-0.4, -0.2) is 55.7 Å². The lowest BCUT2D eigenvalue weighted by Gasteiger charge is -2.33. The summed E-state index contributed by atoms with van der Waals surface area (Å²) in [5.41, 5.74) is 0. The summed E-state index contributed by atoms with van der Waals surface area (Å²) in [5, 5.41) is 8.17. The molecule has 3 aromatic rings. The van der Waals surface area contributed by atoms with Crippen LogP contribution in [0.2, 0.25) is 0 Å². The highest BCUT2D eigenvalue weighted by atomic mass is 16.4. The van der Waals surface area contributed by atoms with Gasteiger partial charge < -0.3 is 13.4 Å². The minimum Gasteiger partial charge on any atom is -0.459 e. The summed E-state index contributed by atoms with van der Waals surface area (Å²) < 4.78 is 13.2. The van der Waals surface area contributed by atoms with E-state index in [4.69, 9.17) is 8.83 Å². The van der Waals surface area contributed by atoms with Gasteiger partial charge in [0.25, 0.3) is 5.89 Å². The number of rotatable bonds is 6. The molecule has 0 radical (unpaired) electrons. The summed E-state index contributed by atoms with van der Waals surface area (Å²) in [5.74, 6) is 2.80. The average molecular weight is 342 g/mol. The van der Waals surface area contributed by atoms with E-state index in [0.29, 0.717) is 24.1 Å². The average Bonchev–Trinajstić information content (AvgIpc) is 3.38. The Hall–Kier alpha value is -2.45. The van der Waals surface area contributed by atoms with Crippen LogP contribution < -0.4 is 0 Å². The van der Waals surface area contributed by atoms with Crippen LogP contribution in [0.4, 0.5) is 0 Å². The molecule has 8 heteroatoms. The summed E-state index contributed by atoms with van der Waals surface area (Å²) in [6.45, 7) is 8.65. The topological polar surface area (TPSA) is 76.4 Å². The van der Waals surface area contributed by atoms with Crippen LogP contribution in [-0.2, 0) is 19.6 Å². The van der Waals surface area contributed by atoms with Crippen molar-refractivity contribution in [2.24, 2.45) is 0 Å². The Bertz CT molecular complexity index is 786. The van der Waals surface area contributed by atoms with Crippen molar-refractivity contribution in [2.75, 3.05) is 26.2 Å². The van der Waals surface area contributed by atoms with Gasteiger partial charge in [0.1, 0.15) is 5.82 Å². The van der Waals surface area contributed by atoms with Crippen LogP contribution in [0.25, 0.3) is 11.7 Å². The summed E-state index contributed by atoms with van der Waals surface area (Å²) in [6, 6.07) is 3.62. The van der Waals surface area contributed by atoms with Crippen molar-refractivity contribution in [3.63, 3.8) is 0 Å². The summed E-state index contributed by atoms with van der Waals surface area (Å²) >= 11 is 0. The molecular weight excluding hydrogens is 320 g/mol.